The van der Waals surface area contributed by atoms with Crippen LogP contribution in [0.15, 0.2) is 12.1 Å². The maximum Gasteiger partial charge on any atom is 0.498 e. The van der Waals surface area contributed by atoms with Gasteiger partial charge in [-0.15, -0.1) is 0 Å². The van der Waals surface area contributed by atoms with E-state index in [0.29, 0.717) is 12.1 Å². The van der Waals surface area contributed by atoms with Crippen LogP contribution in [0.5, 0.6) is 0 Å². The van der Waals surface area contributed by atoms with Crippen molar-refractivity contribution in [1.29, 1.82) is 0 Å². The van der Waals surface area contributed by atoms with E-state index in [1.54, 1.807) is 27.7 Å². The average molecular weight is 336 g/mol. The highest BCUT2D eigenvalue weighted by atomic mass is 28.4. The molecule has 0 fully saturated rings. The molecule has 0 radical (unpaired) electrons. The molecule has 22 heavy (non-hydrogen) atoms. The van der Waals surface area contributed by atoms with Crippen LogP contribution in [-0.2, 0) is 15.3 Å². The Bertz CT molecular complexity index is 462. The van der Waals surface area contributed by atoms with Gasteiger partial charge in [0.25, 0.3) is 0 Å². The fourth-order valence-electron chi connectivity index (χ4n) is 2.18. The van der Waals surface area contributed by atoms with E-state index in [0.717, 1.165) is 0 Å². The summed E-state index contributed by atoms with van der Waals surface area (Å²) in [7, 11) is -3.39. The smallest absolute Gasteiger partial charge is 0.390 e. The van der Waals surface area contributed by atoms with Crippen LogP contribution < -0.4 is 0 Å². The van der Waals surface area contributed by atoms with E-state index < -0.39 is 26.3 Å². The van der Waals surface area contributed by atoms with E-state index in [1.807, 2.05) is 0 Å². The summed E-state index contributed by atoms with van der Waals surface area (Å²) in [6, 6.07) is 1.48. The Morgan fingerprint density at radius 1 is 1.00 bits per heavy atom. The molecule has 1 N–H and O–H groups in total. The summed E-state index contributed by atoms with van der Waals surface area (Å²) in [6.07, 6.45) is -0.109. The summed E-state index contributed by atoms with van der Waals surface area (Å²) in [6.45, 7) is 7.11. The van der Waals surface area contributed by atoms with Crippen LogP contribution in [0.2, 0.25) is 6.04 Å². The minimum atomic E-state index is -3.39. The molecular weight excluding hydrogens is 313 g/mol. The Morgan fingerprint density at radius 3 is 1.86 bits per heavy atom. The Balaban J connectivity index is 2.70. The van der Waals surface area contributed by atoms with Crippen molar-refractivity contribution in [2.75, 3.05) is 0 Å². The first-order valence-corrected chi connectivity index (χ1v) is 9.31. The SMILES string of the molecule is CC(C)O[Si](O)(CCCc1c(F)cc(F)cc1F)OC(C)C. The van der Waals surface area contributed by atoms with Crippen molar-refractivity contribution in [3.8, 4) is 0 Å². The molecule has 0 aliphatic heterocycles. The molecule has 0 saturated carbocycles. The molecular formula is C15H23F3O3Si. The monoisotopic (exact) mass is 336 g/mol. The second kappa shape index (κ2) is 8.10. The lowest BCUT2D eigenvalue weighted by Crippen LogP contribution is -2.46. The topological polar surface area (TPSA) is 38.7 Å². The minimum absolute atomic E-state index is 0.0379. The quantitative estimate of drug-likeness (QED) is 0.734. The molecule has 0 amide bonds. The number of benzene rings is 1. The number of hydrogen-bond donors (Lipinski definition) is 1. The van der Waals surface area contributed by atoms with Crippen LogP contribution in [0.25, 0.3) is 0 Å². The molecule has 0 atom stereocenters. The van der Waals surface area contributed by atoms with E-state index in [4.69, 9.17) is 8.85 Å². The van der Waals surface area contributed by atoms with Crippen LogP contribution >= 0.6 is 0 Å². The largest absolute Gasteiger partial charge is 0.498 e. The molecule has 1 rings (SSSR count). The Morgan fingerprint density at radius 2 is 1.45 bits per heavy atom. The molecule has 7 heteroatoms. The number of hydrogen-bond acceptors (Lipinski definition) is 3. The number of halogens is 3. The van der Waals surface area contributed by atoms with Gasteiger partial charge in [0.15, 0.2) is 0 Å². The van der Waals surface area contributed by atoms with Crippen molar-refractivity contribution in [3.05, 3.63) is 35.1 Å². The first-order valence-electron chi connectivity index (χ1n) is 7.34. The van der Waals surface area contributed by atoms with Gasteiger partial charge in [0.05, 0.1) is 0 Å². The lowest BCUT2D eigenvalue weighted by Gasteiger charge is -2.28. The molecule has 3 nitrogen and oxygen atoms in total. The van der Waals surface area contributed by atoms with Crippen LogP contribution in [0.3, 0.4) is 0 Å². The van der Waals surface area contributed by atoms with Gasteiger partial charge in [0.1, 0.15) is 17.5 Å². The normalized spacial score (nSPS) is 12.5. The van der Waals surface area contributed by atoms with Crippen molar-refractivity contribution in [2.45, 2.75) is 58.8 Å². The predicted octanol–water partition coefficient (Wildman–Crippen LogP) is 3.82. The summed E-state index contributed by atoms with van der Waals surface area (Å²) in [4.78, 5) is 10.5. The summed E-state index contributed by atoms with van der Waals surface area (Å²) in [5.74, 6) is -2.79. The molecule has 1 aromatic rings. The zero-order chi connectivity index (χ0) is 16.9. The fourth-order valence-corrected chi connectivity index (χ4v) is 4.57. The third-order valence-electron chi connectivity index (χ3n) is 2.86. The molecule has 0 saturated heterocycles. The standard InChI is InChI=1S/C15H23F3O3Si/c1-10(2)20-22(19,21-11(3)4)7-5-6-13-14(17)8-12(16)9-15(13)18/h8-11,19H,5-7H2,1-4H3. The molecule has 126 valence electrons. The first-order chi connectivity index (χ1) is 10.1. The van der Waals surface area contributed by atoms with Crippen LogP contribution in [0.1, 0.15) is 39.7 Å². The van der Waals surface area contributed by atoms with Gasteiger partial charge in [0.2, 0.25) is 0 Å². The summed E-state index contributed by atoms with van der Waals surface area (Å²) < 4.78 is 51.0. The van der Waals surface area contributed by atoms with Crippen molar-refractivity contribution in [1.82, 2.24) is 0 Å². The predicted molar refractivity (Wildman–Crippen MR) is 79.9 cm³/mol. The lowest BCUT2D eigenvalue weighted by molar-refractivity contribution is 0.0473. The van der Waals surface area contributed by atoms with E-state index in [9.17, 15) is 18.0 Å². The van der Waals surface area contributed by atoms with E-state index >= 15 is 0 Å². The zero-order valence-corrected chi connectivity index (χ0v) is 14.3. The molecule has 0 heterocycles. The van der Waals surface area contributed by atoms with Crippen LogP contribution in [0, 0.1) is 17.5 Å². The minimum Gasteiger partial charge on any atom is -0.390 e. The van der Waals surface area contributed by atoms with Gasteiger partial charge in [-0.05, 0) is 40.5 Å². The molecule has 0 bridgehead atoms. The highest BCUT2D eigenvalue weighted by molar-refractivity contribution is 6.59. The zero-order valence-electron chi connectivity index (χ0n) is 13.3. The van der Waals surface area contributed by atoms with Gasteiger partial charge >= 0.3 is 8.80 Å². The van der Waals surface area contributed by atoms with E-state index in [1.165, 1.54) is 0 Å². The molecule has 0 aromatic heterocycles. The molecule has 0 aliphatic rings. The van der Waals surface area contributed by atoms with Crippen molar-refractivity contribution in [3.63, 3.8) is 0 Å². The van der Waals surface area contributed by atoms with Gasteiger partial charge in [-0.25, -0.2) is 13.2 Å². The average Bonchev–Trinajstić information content (AvgIpc) is 2.30. The van der Waals surface area contributed by atoms with Crippen LogP contribution in [0.4, 0.5) is 13.2 Å². The van der Waals surface area contributed by atoms with E-state index in [-0.39, 0.29) is 36.7 Å². The van der Waals surface area contributed by atoms with Gasteiger partial charge in [-0.2, -0.15) is 0 Å². The van der Waals surface area contributed by atoms with Gasteiger partial charge < -0.3 is 13.6 Å². The van der Waals surface area contributed by atoms with Gasteiger partial charge in [-0.3, -0.25) is 0 Å². The van der Waals surface area contributed by atoms with Gasteiger partial charge in [-0.1, -0.05) is 0 Å². The Hall–Kier alpha value is -0.893. The Labute approximate surface area is 130 Å². The second-order valence-electron chi connectivity index (χ2n) is 5.75. The summed E-state index contributed by atoms with van der Waals surface area (Å²) >= 11 is 0. The maximum atomic E-state index is 13.6. The Kier molecular flexibility index (Phi) is 7.05. The third kappa shape index (κ3) is 6.08. The highest BCUT2D eigenvalue weighted by Gasteiger charge is 2.38. The molecule has 0 spiro atoms. The highest BCUT2D eigenvalue weighted by Crippen LogP contribution is 2.22. The summed E-state index contributed by atoms with van der Waals surface area (Å²) in [5, 5.41) is 0. The van der Waals surface area contributed by atoms with E-state index in [2.05, 4.69) is 0 Å². The molecule has 0 aliphatic carbocycles. The van der Waals surface area contributed by atoms with Crippen LogP contribution in [-0.4, -0.2) is 25.8 Å². The fraction of sp³-hybridized carbons (Fsp3) is 0.600. The molecule has 1 aromatic carbocycles. The second-order valence-corrected chi connectivity index (χ2v) is 8.14. The first kappa shape index (κ1) is 19.2. The van der Waals surface area contributed by atoms with Crippen molar-refractivity contribution >= 4 is 8.80 Å². The van der Waals surface area contributed by atoms with Crippen molar-refractivity contribution in [2.24, 2.45) is 0 Å². The third-order valence-corrected chi connectivity index (χ3v) is 5.53. The number of rotatable bonds is 8. The van der Waals surface area contributed by atoms with Crippen molar-refractivity contribution < 1.29 is 26.8 Å². The lowest BCUT2D eigenvalue weighted by atomic mass is 10.1. The maximum absolute atomic E-state index is 13.6. The van der Waals surface area contributed by atoms with Gasteiger partial charge in [0, 0.05) is 35.9 Å². The molecule has 0 unspecified atom stereocenters. The summed E-state index contributed by atoms with van der Waals surface area (Å²) in [5.41, 5.74) is -0.188.